The molecule has 118 valence electrons. The Balaban J connectivity index is 1.68. The van der Waals surface area contributed by atoms with E-state index in [0.717, 1.165) is 24.9 Å². The SMILES string of the molecule is CC(N)(C(=O)N1CCC2(CC1)CNC(=O)C2)c1ccccc1. The highest BCUT2D eigenvalue weighted by atomic mass is 16.2. The number of likely N-dealkylation sites (tertiary alicyclic amines) is 1. The highest BCUT2D eigenvalue weighted by molar-refractivity contribution is 5.87. The Morgan fingerprint density at radius 2 is 1.91 bits per heavy atom. The first-order valence-corrected chi connectivity index (χ1v) is 7.83. The quantitative estimate of drug-likeness (QED) is 0.855. The number of rotatable bonds is 2. The molecule has 0 saturated carbocycles. The highest BCUT2D eigenvalue weighted by Gasteiger charge is 2.43. The Morgan fingerprint density at radius 1 is 1.27 bits per heavy atom. The van der Waals surface area contributed by atoms with Gasteiger partial charge >= 0.3 is 0 Å². The largest absolute Gasteiger partial charge is 0.356 e. The van der Waals surface area contributed by atoms with Crippen LogP contribution in [0, 0.1) is 5.41 Å². The Morgan fingerprint density at radius 3 is 2.45 bits per heavy atom. The standard InChI is InChI=1S/C17H23N3O2/c1-16(18,13-5-3-2-4-6-13)15(22)20-9-7-17(8-10-20)11-14(21)19-12-17/h2-6H,7-12,18H2,1H3,(H,19,21). The molecule has 5 nitrogen and oxygen atoms in total. The summed E-state index contributed by atoms with van der Waals surface area (Å²) in [6.07, 6.45) is 2.32. The van der Waals surface area contributed by atoms with Crippen LogP contribution in [0.4, 0.5) is 0 Å². The summed E-state index contributed by atoms with van der Waals surface area (Å²) in [6, 6.07) is 9.49. The first kappa shape index (κ1) is 15.0. The molecule has 1 spiro atoms. The van der Waals surface area contributed by atoms with Gasteiger partial charge in [-0.2, -0.15) is 0 Å². The van der Waals surface area contributed by atoms with Gasteiger partial charge in [0.05, 0.1) is 0 Å². The summed E-state index contributed by atoms with van der Waals surface area (Å²) in [5.74, 6) is 0.0959. The molecule has 2 aliphatic heterocycles. The van der Waals surface area contributed by atoms with Gasteiger partial charge in [-0.25, -0.2) is 0 Å². The smallest absolute Gasteiger partial charge is 0.246 e. The number of hydrogen-bond acceptors (Lipinski definition) is 3. The molecule has 0 radical (unpaired) electrons. The maximum atomic E-state index is 12.8. The van der Waals surface area contributed by atoms with Crippen LogP contribution in [-0.4, -0.2) is 36.3 Å². The molecule has 3 rings (SSSR count). The second kappa shape index (κ2) is 5.39. The molecule has 2 heterocycles. The van der Waals surface area contributed by atoms with E-state index in [1.54, 1.807) is 6.92 Å². The fourth-order valence-electron chi connectivity index (χ4n) is 3.53. The first-order valence-electron chi connectivity index (χ1n) is 7.83. The Labute approximate surface area is 130 Å². The second-order valence-corrected chi connectivity index (χ2v) is 6.81. The van der Waals surface area contributed by atoms with Gasteiger partial charge in [-0.05, 0) is 30.7 Å². The number of amides is 2. The minimum Gasteiger partial charge on any atom is -0.356 e. The molecule has 2 aliphatic rings. The predicted octanol–water partition coefficient (Wildman–Crippen LogP) is 0.989. The van der Waals surface area contributed by atoms with E-state index in [0.29, 0.717) is 19.5 Å². The van der Waals surface area contributed by atoms with Crippen molar-refractivity contribution in [2.45, 2.75) is 31.7 Å². The van der Waals surface area contributed by atoms with E-state index in [2.05, 4.69) is 5.32 Å². The second-order valence-electron chi connectivity index (χ2n) is 6.81. The summed E-state index contributed by atoms with van der Waals surface area (Å²) < 4.78 is 0. The number of hydrogen-bond donors (Lipinski definition) is 2. The summed E-state index contributed by atoms with van der Waals surface area (Å²) in [4.78, 5) is 26.1. The number of carbonyl (C=O) groups excluding carboxylic acids is 2. The number of carbonyl (C=O) groups is 2. The summed E-state index contributed by atoms with van der Waals surface area (Å²) >= 11 is 0. The maximum Gasteiger partial charge on any atom is 0.246 e. The van der Waals surface area contributed by atoms with E-state index in [1.165, 1.54) is 0 Å². The van der Waals surface area contributed by atoms with Gasteiger partial charge in [-0.15, -0.1) is 0 Å². The summed E-state index contributed by atoms with van der Waals surface area (Å²) in [5.41, 5.74) is 6.20. The van der Waals surface area contributed by atoms with E-state index in [-0.39, 0.29) is 17.2 Å². The van der Waals surface area contributed by atoms with Crippen LogP contribution in [0.2, 0.25) is 0 Å². The van der Waals surface area contributed by atoms with Crippen LogP contribution in [0.15, 0.2) is 30.3 Å². The van der Waals surface area contributed by atoms with Crippen LogP contribution >= 0.6 is 0 Å². The van der Waals surface area contributed by atoms with Gasteiger partial charge in [-0.3, -0.25) is 9.59 Å². The first-order chi connectivity index (χ1) is 10.4. The average Bonchev–Trinajstić information content (AvgIpc) is 2.89. The molecule has 2 fully saturated rings. The number of benzene rings is 1. The van der Waals surface area contributed by atoms with E-state index in [9.17, 15) is 9.59 Å². The highest BCUT2D eigenvalue weighted by Crippen LogP contribution is 2.38. The molecule has 3 N–H and O–H groups in total. The summed E-state index contributed by atoms with van der Waals surface area (Å²) in [5, 5.41) is 2.91. The lowest BCUT2D eigenvalue weighted by Crippen LogP contribution is -2.54. The predicted molar refractivity (Wildman–Crippen MR) is 83.9 cm³/mol. The fraction of sp³-hybridized carbons (Fsp3) is 0.529. The molecule has 2 amide bonds. The number of nitrogens with two attached hydrogens (primary N) is 1. The monoisotopic (exact) mass is 301 g/mol. The van der Waals surface area contributed by atoms with Crippen LogP contribution < -0.4 is 11.1 Å². The van der Waals surface area contributed by atoms with Crippen molar-refractivity contribution in [1.29, 1.82) is 0 Å². The van der Waals surface area contributed by atoms with Crippen molar-refractivity contribution >= 4 is 11.8 Å². The molecule has 0 bridgehead atoms. The van der Waals surface area contributed by atoms with Gasteiger partial charge in [0.25, 0.3) is 0 Å². The van der Waals surface area contributed by atoms with Crippen LogP contribution in [0.25, 0.3) is 0 Å². The van der Waals surface area contributed by atoms with Crippen molar-refractivity contribution in [1.82, 2.24) is 10.2 Å². The average molecular weight is 301 g/mol. The maximum absolute atomic E-state index is 12.8. The summed E-state index contributed by atoms with van der Waals surface area (Å²) in [7, 11) is 0. The van der Waals surface area contributed by atoms with Crippen molar-refractivity contribution < 1.29 is 9.59 Å². The third-order valence-electron chi connectivity index (χ3n) is 5.13. The number of nitrogens with zero attached hydrogens (tertiary/aromatic N) is 1. The van der Waals surface area contributed by atoms with E-state index in [4.69, 9.17) is 5.73 Å². The van der Waals surface area contributed by atoms with Gasteiger partial charge in [0.2, 0.25) is 11.8 Å². The van der Waals surface area contributed by atoms with Gasteiger partial charge < -0.3 is 16.0 Å². The zero-order valence-corrected chi connectivity index (χ0v) is 13.0. The Bertz CT molecular complexity index is 575. The number of nitrogens with one attached hydrogen (secondary N) is 1. The molecule has 0 aromatic heterocycles. The molecule has 0 aliphatic carbocycles. The van der Waals surface area contributed by atoms with Gasteiger partial charge in [0, 0.05) is 26.1 Å². The summed E-state index contributed by atoms with van der Waals surface area (Å²) in [6.45, 7) is 3.86. The zero-order valence-electron chi connectivity index (χ0n) is 13.0. The van der Waals surface area contributed by atoms with E-state index in [1.807, 2.05) is 35.2 Å². The number of piperidine rings is 1. The minimum absolute atomic E-state index is 0.0363. The molecule has 1 aromatic carbocycles. The van der Waals surface area contributed by atoms with Gasteiger partial charge in [0.1, 0.15) is 5.54 Å². The zero-order chi connectivity index (χ0) is 15.8. The lowest BCUT2D eigenvalue weighted by molar-refractivity contribution is -0.139. The van der Waals surface area contributed by atoms with Crippen LogP contribution in [0.3, 0.4) is 0 Å². The van der Waals surface area contributed by atoms with Crippen molar-refractivity contribution in [2.24, 2.45) is 11.1 Å². The normalized spacial score (nSPS) is 23.2. The fourth-order valence-corrected chi connectivity index (χ4v) is 3.53. The molecule has 2 saturated heterocycles. The van der Waals surface area contributed by atoms with Crippen molar-refractivity contribution in [2.75, 3.05) is 19.6 Å². The molecule has 1 aromatic rings. The lowest BCUT2D eigenvalue weighted by Gasteiger charge is -2.41. The van der Waals surface area contributed by atoms with Gasteiger partial charge in [0.15, 0.2) is 0 Å². The Kier molecular flexibility index (Phi) is 3.68. The lowest BCUT2D eigenvalue weighted by atomic mass is 9.77. The molecule has 1 unspecified atom stereocenters. The van der Waals surface area contributed by atoms with Crippen molar-refractivity contribution in [3.05, 3.63) is 35.9 Å². The third-order valence-corrected chi connectivity index (χ3v) is 5.13. The van der Waals surface area contributed by atoms with Crippen LogP contribution in [0.5, 0.6) is 0 Å². The third kappa shape index (κ3) is 2.61. The topological polar surface area (TPSA) is 75.4 Å². The van der Waals surface area contributed by atoms with Crippen LogP contribution in [-0.2, 0) is 15.1 Å². The van der Waals surface area contributed by atoms with Crippen molar-refractivity contribution in [3.8, 4) is 0 Å². The van der Waals surface area contributed by atoms with E-state index >= 15 is 0 Å². The molecule has 5 heteroatoms. The van der Waals surface area contributed by atoms with E-state index < -0.39 is 5.54 Å². The molecule has 22 heavy (non-hydrogen) atoms. The molecular formula is C17H23N3O2. The van der Waals surface area contributed by atoms with Crippen LogP contribution in [0.1, 0.15) is 31.7 Å². The van der Waals surface area contributed by atoms with Crippen molar-refractivity contribution in [3.63, 3.8) is 0 Å². The molecule has 1 atom stereocenters. The Hall–Kier alpha value is -1.88. The van der Waals surface area contributed by atoms with Gasteiger partial charge in [-0.1, -0.05) is 30.3 Å². The molecular weight excluding hydrogens is 278 g/mol. The minimum atomic E-state index is -1.00.